The number of esters is 1. The van der Waals surface area contributed by atoms with Crippen LogP contribution in [0.15, 0.2) is 30.4 Å². The van der Waals surface area contributed by atoms with Crippen molar-refractivity contribution in [3.63, 3.8) is 0 Å². The number of methoxy groups -OCH3 is 1. The molecule has 1 saturated heterocycles. The van der Waals surface area contributed by atoms with Crippen molar-refractivity contribution < 1.29 is 55.0 Å². The van der Waals surface area contributed by atoms with Crippen molar-refractivity contribution in [2.75, 3.05) is 13.7 Å². The summed E-state index contributed by atoms with van der Waals surface area (Å²) in [5, 5.41) is 3.24. The monoisotopic (exact) mass is 844 g/mol. The Hall–Kier alpha value is -4.41. The number of halogens is 3. The second-order valence-electron chi connectivity index (χ2n) is 18.0. The van der Waals surface area contributed by atoms with Gasteiger partial charge in [-0.3, -0.25) is 23.9 Å². The van der Waals surface area contributed by atoms with Gasteiger partial charge >= 0.3 is 12.1 Å². The summed E-state index contributed by atoms with van der Waals surface area (Å²) in [7, 11) is -2.64. The van der Waals surface area contributed by atoms with E-state index < -0.39 is 90.7 Å². The second-order valence-corrected chi connectivity index (χ2v) is 20.2. The van der Waals surface area contributed by atoms with E-state index in [4.69, 9.17) is 14.2 Å². The lowest BCUT2D eigenvalue weighted by Gasteiger charge is -2.38. The van der Waals surface area contributed by atoms with E-state index in [0.717, 1.165) is 12.8 Å². The Morgan fingerprint density at radius 2 is 1.81 bits per heavy atom. The number of carbonyl (C=O) groups is 4. The third-order valence-electron chi connectivity index (χ3n) is 13.6. The largest absolute Gasteiger partial charge is 0.497 e. The van der Waals surface area contributed by atoms with Crippen LogP contribution in [0.3, 0.4) is 0 Å². The number of allylic oxidation sites excluding steroid dienone is 1. The quantitative estimate of drug-likeness (QED) is 0.256. The lowest BCUT2D eigenvalue weighted by atomic mass is 9.82. The first-order chi connectivity index (χ1) is 27.8. The van der Waals surface area contributed by atoms with Crippen LogP contribution in [0.2, 0.25) is 0 Å². The van der Waals surface area contributed by atoms with Crippen molar-refractivity contribution in [1.82, 2.24) is 19.9 Å². The number of pyridine rings is 1. The number of hydrogen-bond acceptors (Lipinski definition) is 10. The minimum atomic E-state index is -4.92. The van der Waals surface area contributed by atoms with E-state index in [1.54, 1.807) is 19.1 Å². The third-order valence-corrected chi connectivity index (χ3v) is 15.7. The van der Waals surface area contributed by atoms with Gasteiger partial charge in [0.25, 0.3) is 5.91 Å². The minimum Gasteiger partial charge on any atom is -0.497 e. The summed E-state index contributed by atoms with van der Waals surface area (Å²) in [5.41, 5.74) is -4.62. The molecule has 13 nitrogen and oxygen atoms in total. The fraction of sp³-hybridized carbons (Fsp3) is 0.643. The number of nitrogens with zero attached hydrogens (tertiary/aromatic N) is 2. The Morgan fingerprint density at radius 3 is 2.49 bits per heavy atom. The van der Waals surface area contributed by atoms with Crippen molar-refractivity contribution in [3.05, 3.63) is 41.6 Å². The van der Waals surface area contributed by atoms with Crippen LogP contribution in [0, 0.1) is 11.8 Å². The summed E-state index contributed by atoms with van der Waals surface area (Å²) < 4.78 is 89.5. The van der Waals surface area contributed by atoms with Crippen LogP contribution in [-0.2, 0) is 46.5 Å². The van der Waals surface area contributed by atoms with Crippen molar-refractivity contribution in [2.24, 2.45) is 11.8 Å². The molecule has 3 saturated carbocycles. The number of hydrogen-bond donors (Lipinski definition) is 2. The summed E-state index contributed by atoms with van der Waals surface area (Å²) in [6.45, 7) is 3.11. The highest BCUT2D eigenvalue weighted by Crippen LogP contribution is 2.51. The van der Waals surface area contributed by atoms with E-state index >= 15 is 0 Å². The molecule has 3 amide bonds. The normalized spacial score (nSPS) is 30.5. The molecule has 3 aliphatic carbocycles. The molecule has 1 spiro atoms. The average molecular weight is 845 g/mol. The van der Waals surface area contributed by atoms with Crippen LogP contribution in [0.4, 0.5) is 13.2 Å². The summed E-state index contributed by atoms with van der Waals surface area (Å²) in [5.74, 6) is -4.29. The smallest absolute Gasteiger partial charge is 0.437 e. The Morgan fingerprint density at radius 1 is 1.05 bits per heavy atom. The van der Waals surface area contributed by atoms with E-state index in [2.05, 4.69) is 15.0 Å². The molecule has 4 fully saturated rings. The number of aromatic nitrogens is 1. The van der Waals surface area contributed by atoms with Gasteiger partial charge in [0.15, 0.2) is 11.4 Å². The Labute approximate surface area is 341 Å². The molecule has 0 radical (unpaired) electrons. The number of carbonyl (C=O) groups excluding carboxylic acids is 4. The van der Waals surface area contributed by atoms with Gasteiger partial charge in [-0.2, -0.15) is 13.2 Å². The Bertz CT molecular complexity index is 2220. The fourth-order valence-electron chi connectivity index (χ4n) is 9.25. The van der Waals surface area contributed by atoms with E-state index in [1.807, 2.05) is 13.0 Å². The molecular weight excluding hydrogens is 794 g/mol. The van der Waals surface area contributed by atoms with Gasteiger partial charge in [0.2, 0.25) is 21.8 Å². The number of alkyl halides is 3. The fourth-order valence-corrected chi connectivity index (χ4v) is 10.6. The molecular formula is C42H51F3N4O9S. The summed E-state index contributed by atoms with van der Waals surface area (Å²) >= 11 is 0. The van der Waals surface area contributed by atoms with Gasteiger partial charge in [-0.1, -0.05) is 25.0 Å². The number of rotatable bonds is 7. The zero-order chi connectivity index (χ0) is 42.2. The molecule has 2 aromatic rings. The number of fused-ring (bicyclic) bond motifs is 5. The highest BCUT2D eigenvalue weighted by atomic mass is 32.2. The van der Waals surface area contributed by atoms with Gasteiger partial charge in [0, 0.05) is 29.2 Å². The van der Waals surface area contributed by atoms with Crippen molar-refractivity contribution in [3.8, 4) is 11.5 Å². The molecule has 6 aliphatic rings. The van der Waals surface area contributed by atoms with E-state index in [9.17, 15) is 40.8 Å². The first-order valence-corrected chi connectivity index (χ1v) is 22.1. The van der Waals surface area contributed by atoms with Crippen LogP contribution >= 0.6 is 0 Å². The van der Waals surface area contributed by atoms with Crippen molar-refractivity contribution in [1.29, 1.82) is 0 Å². The molecule has 4 heterocycles. The van der Waals surface area contributed by atoms with Gasteiger partial charge < -0.3 is 24.4 Å². The molecule has 2 N–H and O–H groups in total. The molecule has 8 rings (SSSR count). The van der Waals surface area contributed by atoms with Crippen LogP contribution < -0.4 is 19.5 Å². The molecule has 320 valence electrons. The molecule has 1 aromatic carbocycles. The number of amides is 3. The maximum Gasteiger partial charge on any atom is 0.437 e. The third kappa shape index (κ3) is 7.76. The number of sulfonamides is 1. The van der Waals surface area contributed by atoms with Gasteiger partial charge in [0.1, 0.15) is 28.5 Å². The maximum absolute atomic E-state index is 14.9. The van der Waals surface area contributed by atoms with Gasteiger partial charge in [-0.25, -0.2) is 13.4 Å². The maximum atomic E-state index is 14.9. The highest BCUT2D eigenvalue weighted by molar-refractivity contribution is 7.91. The average Bonchev–Trinajstić information content (AvgIpc) is 4.06. The topological polar surface area (TPSA) is 170 Å². The Balaban J connectivity index is 1.16. The zero-order valence-corrected chi connectivity index (χ0v) is 34.4. The summed E-state index contributed by atoms with van der Waals surface area (Å²) in [4.78, 5) is 62.2. The van der Waals surface area contributed by atoms with Gasteiger partial charge in [-0.15, -0.1) is 0 Å². The lowest BCUT2D eigenvalue weighted by Crippen LogP contribution is -2.57. The Kier molecular flexibility index (Phi) is 10.3. The molecule has 0 bridgehead atoms. The molecule has 17 heteroatoms. The van der Waals surface area contributed by atoms with E-state index in [0.29, 0.717) is 62.5 Å². The zero-order valence-electron chi connectivity index (χ0n) is 33.5. The van der Waals surface area contributed by atoms with Crippen LogP contribution in [-0.4, -0.2) is 83.2 Å². The summed E-state index contributed by atoms with van der Waals surface area (Å²) in [6, 6.07) is 3.23. The molecule has 0 unspecified atom stereocenters. The van der Waals surface area contributed by atoms with Gasteiger partial charge in [-0.05, 0) is 103 Å². The molecule has 5 atom stereocenters. The van der Waals surface area contributed by atoms with E-state index in [-0.39, 0.29) is 49.7 Å². The highest BCUT2D eigenvalue weighted by Gasteiger charge is 2.64. The second kappa shape index (κ2) is 14.6. The molecule has 1 aromatic heterocycles. The molecule has 59 heavy (non-hydrogen) atoms. The van der Waals surface area contributed by atoms with Crippen LogP contribution in [0.25, 0.3) is 10.9 Å². The predicted molar refractivity (Wildman–Crippen MR) is 207 cm³/mol. The summed E-state index contributed by atoms with van der Waals surface area (Å²) in [6.07, 6.45) is 4.68. The first-order valence-electron chi connectivity index (χ1n) is 20.6. The van der Waals surface area contributed by atoms with E-state index in [1.165, 1.54) is 24.1 Å². The first kappa shape index (κ1) is 41.3. The van der Waals surface area contributed by atoms with Crippen molar-refractivity contribution >= 4 is 44.6 Å². The number of ether oxygens (including phenoxy) is 3. The van der Waals surface area contributed by atoms with Crippen molar-refractivity contribution in [2.45, 2.75) is 144 Å². The lowest BCUT2D eigenvalue weighted by molar-refractivity contribution is -0.169. The predicted octanol–water partition coefficient (Wildman–Crippen LogP) is 5.81. The number of nitrogens with one attached hydrogen (secondary N) is 2. The van der Waals surface area contributed by atoms with Crippen LogP contribution in [0.1, 0.15) is 115 Å². The molecule has 3 aliphatic heterocycles. The van der Waals surface area contributed by atoms with Crippen LogP contribution in [0.5, 0.6) is 11.5 Å². The van der Waals surface area contributed by atoms with Gasteiger partial charge in [0.05, 0.1) is 30.3 Å². The number of benzene rings is 1. The standard InChI is InChI=1S/C42H51F3N4O9S/c1-38(15-9-16-38)57-32(50)20-25-10-7-5-4-6-8-11-26-22-41(26,37(53)48-59(54,55)39(2)18-19-39)47-35(51)31-23-40(24-49(31)36(25)52)17-14-28-29-21-27(56-3)12-13-30(29)46-34(33(28)58-40)42(43,44)45/h8,11-13,21,25-26,31H,4-7,9-10,14-20,22-24H2,1-3H3,(H,47,51)(H,48,53)/b11-8-/t25-,26-,31+,40-,41-/m1/s1. The number of aryl methyl sites for hydroxylation is 1. The minimum absolute atomic E-state index is 0.0884. The SMILES string of the molecule is COc1ccc2nc(C(F)(F)F)c3c(c2c1)CC[C@]1(C[C@H]2C(=O)N[C@]4(C(=O)NS(=O)(=O)C5(C)CC5)C[C@H]4/C=C\CCCCC[C@H](CC(=O)OC4(C)CCC4)C(=O)N2C1)O3.